The summed E-state index contributed by atoms with van der Waals surface area (Å²) >= 11 is 7.43. The zero-order valence-electron chi connectivity index (χ0n) is 11.5. The molecule has 8 heteroatoms. The van der Waals surface area contributed by atoms with Gasteiger partial charge in [0.2, 0.25) is 0 Å². The Morgan fingerprint density at radius 1 is 1.62 bits per heavy atom. The fourth-order valence-corrected chi connectivity index (χ4v) is 3.25. The van der Waals surface area contributed by atoms with Gasteiger partial charge in [-0.3, -0.25) is 4.79 Å². The number of nitrogens with zero attached hydrogens (tertiary/aromatic N) is 2. The number of nitrogens with two attached hydrogens (primary N) is 1. The molecule has 1 saturated heterocycles. The van der Waals surface area contributed by atoms with Crippen molar-refractivity contribution in [2.45, 2.75) is 13.0 Å². The van der Waals surface area contributed by atoms with Gasteiger partial charge in [0.1, 0.15) is 11.2 Å². The number of nitrogen functional groups attached to an aromatic ring is 1. The number of pyridine rings is 1. The van der Waals surface area contributed by atoms with E-state index in [1.807, 2.05) is 0 Å². The van der Waals surface area contributed by atoms with E-state index in [0.717, 1.165) is 5.75 Å². The van der Waals surface area contributed by atoms with Crippen molar-refractivity contribution < 1.29 is 14.3 Å². The smallest absolute Gasteiger partial charge is 0.329 e. The summed E-state index contributed by atoms with van der Waals surface area (Å²) in [5.74, 6) is 0.566. The molecule has 1 amide bonds. The summed E-state index contributed by atoms with van der Waals surface area (Å²) in [6.45, 7) is 2.48. The maximum atomic E-state index is 12.6. The highest BCUT2D eigenvalue weighted by Crippen LogP contribution is 2.23. The molecule has 0 spiro atoms. The average Bonchev–Trinajstić information content (AvgIpc) is 2.49. The summed E-state index contributed by atoms with van der Waals surface area (Å²) in [6.07, 6.45) is 1.34. The van der Waals surface area contributed by atoms with Crippen molar-refractivity contribution in [2.75, 3.05) is 30.4 Å². The Labute approximate surface area is 132 Å². The predicted molar refractivity (Wildman–Crippen MR) is 82.4 cm³/mol. The Kier molecular flexibility index (Phi) is 5.30. The van der Waals surface area contributed by atoms with Crippen LogP contribution in [0.5, 0.6) is 0 Å². The van der Waals surface area contributed by atoms with Crippen LogP contribution in [0.2, 0.25) is 5.15 Å². The minimum atomic E-state index is -0.595. The van der Waals surface area contributed by atoms with Gasteiger partial charge < -0.3 is 15.4 Å². The molecule has 1 aliphatic rings. The summed E-state index contributed by atoms with van der Waals surface area (Å²) in [5.41, 5.74) is 6.29. The van der Waals surface area contributed by atoms with Crippen molar-refractivity contribution in [3.63, 3.8) is 0 Å². The van der Waals surface area contributed by atoms with Gasteiger partial charge in [0.05, 0.1) is 24.1 Å². The molecule has 1 aromatic rings. The third-order valence-corrected chi connectivity index (χ3v) is 4.31. The maximum absolute atomic E-state index is 12.6. The minimum absolute atomic E-state index is 0.187. The van der Waals surface area contributed by atoms with Gasteiger partial charge in [0, 0.05) is 18.1 Å². The molecule has 2 heterocycles. The molecule has 1 atom stereocenters. The Morgan fingerprint density at radius 2 is 2.38 bits per heavy atom. The van der Waals surface area contributed by atoms with E-state index in [-0.39, 0.29) is 28.9 Å². The highest BCUT2D eigenvalue weighted by molar-refractivity contribution is 7.99. The summed E-state index contributed by atoms with van der Waals surface area (Å²) in [5, 5.41) is 0.187. The molecule has 1 unspecified atom stereocenters. The van der Waals surface area contributed by atoms with E-state index >= 15 is 0 Å². The fourth-order valence-electron chi connectivity index (χ4n) is 2.06. The van der Waals surface area contributed by atoms with Crippen molar-refractivity contribution in [1.82, 2.24) is 9.88 Å². The molecule has 2 rings (SSSR count). The first-order chi connectivity index (χ1) is 10.0. The van der Waals surface area contributed by atoms with Gasteiger partial charge in [-0.2, -0.15) is 11.8 Å². The molecule has 2 N–H and O–H groups in total. The minimum Gasteiger partial charge on any atom is -0.464 e. The van der Waals surface area contributed by atoms with E-state index in [0.29, 0.717) is 12.3 Å². The molecule has 1 aliphatic heterocycles. The van der Waals surface area contributed by atoms with Crippen molar-refractivity contribution in [3.05, 3.63) is 23.0 Å². The second-order valence-corrected chi connectivity index (χ2v) is 5.97. The van der Waals surface area contributed by atoms with Crippen molar-refractivity contribution >= 4 is 40.9 Å². The quantitative estimate of drug-likeness (QED) is 0.667. The topological polar surface area (TPSA) is 85.5 Å². The number of anilines is 1. The van der Waals surface area contributed by atoms with Crippen LogP contribution in [-0.2, 0) is 9.53 Å². The first kappa shape index (κ1) is 15.9. The number of amides is 1. The molecule has 0 radical (unpaired) electrons. The average molecular weight is 330 g/mol. The molecule has 21 heavy (non-hydrogen) atoms. The van der Waals surface area contributed by atoms with Gasteiger partial charge in [0.15, 0.2) is 0 Å². The first-order valence-electron chi connectivity index (χ1n) is 6.51. The lowest BCUT2D eigenvalue weighted by molar-refractivity contribution is -0.147. The van der Waals surface area contributed by atoms with Gasteiger partial charge in [-0.25, -0.2) is 9.78 Å². The van der Waals surface area contributed by atoms with E-state index in [4.69, 9.17) is 22.1 Å². The second-order valence-electron chi connectivity index (χ2n) is 4.44. The van der Waals surface area contributed by atoms with Gasteiger partial charge in [-0.15, -0.1) is 0 Å². The molecule has 0 saturated carbocycles. The van der Waals surface area contributed by atoms with Crippen LogP contribution in [0.3, 0.4) is 0 Å². The standard InChI is InChI=1S/C13H16ClN3O3S/c1-2-20-13(19)10-7-21-4-3-17(10)12(18)8-5-11(14)16-6-9(8)15/h5-6,10H,2-4,7,15H2,1H3. The molecular formula is C13H16ClN3O3S. The van der Waals surface area contributed by atoms with Crippen LogP contribution < -0.4 is 5.73 Å². The number of thioether (sulfide) groups is 1. The number of hydrogen-bond donors (Lipinski definition) is 1. The van der Waals surface area contributed by atoms with Gasteiger partial charge >= 0.3 is 5.97 Å². The predicted octanol–water partition coefficient (Wildman–Crippen LogP) is 1.44. The molecule has 0 aromatic carbocycles. The number of aromatic nitrogens is 1. The second kappa shape index (κ2) is 7.00. The molecule has 6 nitrogen and oxygen atoms in total. The van der Waals surface area contributed by atoms with E-state index in [9.17, 15) is 9.59 Å². The van der Waals surface area contributed by atoms with E-state index in [1.165, 1.54) is 17.2 Å². The summed E-state index contributed by atoms with van der Waals surface area (Å²) < 4.78 is 5.04. The van der Waals surface area contributed by atoms with Gasteiger partial charge in [-0.1, -0.05) is 11.6 Å². The lowest BCUT2D eigenvalue weighted by atomic mass is 10.1. The van der Waals surface area contributed by atoms with Crippen LogP contribution in [0, 0.1) is 0 Å². The van der Waals surface area contributed by atoms with E-state index in [2.05, 4.69) is 4.98 Å². The van der Waals surface area contributed by atoms with E-state index < -0.39 is 12.0 Å². The molecule has 0 bridgehead atoms. The van der Waals surface area contributed by atoms with Crippen LogP contribution >= 0.6 is 23.4 Å². The number of carbonyl (C=O) groups excluding carboxylic acids is 2. The number of esters is 1. The Bertz CT molecular complexity index is 555. The monoisotopic (exact) mass is 329 g/mol. The normalized spacial score (nSPS) is 18.4. The number of rotatable bonds is 3. The zero-order chi connectivity index (χ0) is 15.4. The lowest BCUT2D eigenvalue weighted by Crippen LogP contribution is -2.51. The van der Waals surface area contributed by atoms with Crippen molar-refractivity contribution in [1.29, 1.82) is 0 Å². The number of ether oxygens (including phenoxy) is 1. The summed E-state index contributed by atoms with van der Waals surface area (Å²) in [4.78, 5) is 30.0. The molecular weight excluding hydrogens is 314 g/mol. The van der Waals surface area contributed by atoms with Crippen LogP contribution in [0.25, 0.3) is 0 Å². The Balaban J connectivity index is 2.26. The molecule has 1 fully saturated rings. The van der Waals surface area contributed by atoms with Crippen molar-refractivity contribution in [2.24, 2.45) is 0 Å². The van der Waals surface area contributed by atoms with Gasteiger partial charge in [0.25, 0.3) is 5.91 Å². The third-order valence-electron chi connectivity index (χ3n) is 3.08. The Morgan fingerprint density at radius 3 is 3.10 bits per heavy atom. The van der Waals surface area contributed by atoms with Crippen LogP contribution in [0.4, 0.5) is 5.69 Å². The highest BCUT2D eigenvalue weighted by Gasteiger charge is 2.34. The fraction of sp³-hybridized carbons (Fsp3) is 0.462. The maximum Gasteiger partial charge on any atom is 0.329 e. The number of hydrogen-bond acceptors (Lipinski definition) is 6. The highest BCUT2D eigenvalue weighted by atomic mass is 35.5. The van der Waals surface area contributed by atoms with Gasteiger partial charge in [-0.05, 0) is 13.0 Å². The summed E-state index contributed by atoms with van der Waals surface area (Å²) in [6, 6.07) is 0.825. The number of halogens is 1. The molecule has 114 valence electrons. The molecule has 0 aliphatic carbocycles. The number of carbonyl (C=O) groups is 2. The van der Waals surface area contributed by atoms with Crippen molar-refractivity contribution in [3.8, 4) is 0 Å². The third kappa shape index (κ3) is 3.59. The van der Waals surface area contributed by atoms with Crippen LogP contribution in [-0.4, -0.2) is 52.5 Å². The Hall–Kier alpha value is -1.47. The SMILES string of the molecule is CCOC(=O)C1CSCCN1C(=O)c1cc(Cl)ncc1N. The summed E-state index contributed by atoms with van der Waals surface area (Å²) in [7, 11) is 0. The largest absolute Gasteiger partial charge is 0.464 e. The zero-order valence-corrected chi connectivity index (χ0v) is 13.1. The lowest BCUT2D eigenvalue weighted by Gasteiger charge is -2.33. The van der Waals surface area contributed by atoms with Crippen LogP contribution in [0.15, 0.2) is 12.3 Å². The van der Waals surface area contributed by atoms with E-state index in [1.54, 1.807) is 18.7 Å². The molecule has 1 aromatic heterocycles. The first-order valence-corrected chi connectivity index (χ1v) is 8.04. The van der Waals surface area contributed by atoms with Crippen LogP contribution in [0.1, 0.15) is 17.3 Å².